The lowest BCUT2D eigenvalue weighted by Crippen LogP contribution is -2.52. The zero-order chi connectivity index (χ0) is 12.3. The van der Waals surface area contributed by atoms with Crippen molar-refractivity contribution in [2.75, 3.05) is 32.8 Å². The molecule has 0 radical (unpaired) electrons. The van der Waals surface area contributed by atoms with Gasteiger partial charge in [0, 0.05) is 25.0 Å². The van der Waals surface area contributed by atoms with Crippen LogP contribution in [0.3, 0.4) is 0 Å². The number of ether oxygens (including phenoxy) is 1. The van der Waals surface area contributed by atoms with Crippen molar-refractivity contribution in [1.82, 2.24) is 10.2 Å². The van der Waals surface area contributed by atoms with E-state index >= 15 is 0 Å². The first-order chi connectivity index (χ1) is 8.18. The smallest absolute Gasteiger partial charge is 0.248 e. The summed E-state index contributed by atoms with van der Waals surface area (Å²) in [4.78, 5) is 14.1. The summed E-state index contributed by atoms with van der Waals surface area (Å²) in [6.45, 7) is 8.30. The van der Waals surface area contributed by atoms with E-state index in [1.165, 1.54) is 0 Å². The number of carbonyl (C=O) groups excluding carboxylic acids is 1. The number of piperidine rings is 1. The summed E-state index contributed by atoms with van der Waals surface area (Å²) in [5, 5.41) is 3.39. The van der Waals surface area contributed by atoms with E-state index in [9.17, 15) is 4.79 Å². The first kappa shape index (κ1) is 12.8. The lowest BCUT2D eigenvalue weighted by molar-refractivity contribution is -0.136. The Balaban J connectivity index is 2.03. The van der Waals surface area contributed by atoms with Gasteiger partial charge in [-0.1, -0.05) is 13.8 Å². The van der Waals surface area contributed by atoms with Crippen molar-refractivity contribution >= 4 is 5.91 Å². The first-order valence-electron chi connectivity index (χ1n) is 6.76. The maximum absolute atomic E-state index is 12.1. The van der Waals surface area contributed by atoms with E-state index in [4.69, 9.17) is 4.74 Å². The average molecular weight is 240 g/mol. The lowest BCUT2D eigenvalue weighted by atomic mass is 9.92. The third-order valence-electron chi connectivity index (χ3n) is 3.79. The normalized spacial score (nSPS) is 30.3. The largest absolute Gasteiger partial charge is 0.371 e. The van der Waals surface area contributed by atoms with E-state index in [0.717, 1.165) is 39.1 Å². The van der Waals surface area contributed by atoms with Gasteiger partial charge in [0.05, 0.1) is 6.61 Å². The molecule has 0 saturated carbocycles. The van der Waals surface area contributed by atoms with Crippen LogP contribution in [0.25, 0.3) is 0 Å². The van der Waals surface area contributed by atoms with Crippen LogP contribution in [-0.4, -0.2) is 49.7 Å². The molecule has 2 fully saturated rings. The molecule has 0 spiro atoms. The van der Waals surface area contributed by atoms with E-state index in [-0.39, 0.29) is 12.5 Å². The van der Waals surface area contributed by atoms with E-state index < -0.39 is 0 Å². The second kappa shape index (κ2) is 5.83. The summed E-state index contributed by atoms with van der Waals surface area (Å²) in [6, 6.07) is 0.394. The molecule has 2 aliphatic heterocycles. The molecule has 2 rings (SSSR count). The van der Waals surface area contributed by atoms with Crippen LogP contribution < -0.4 is 5.32 Å². The van der Waals surface area contributed by atoms with Crippen molar-refractivity contribution < 1.29 is 9.53 Å². The number of fused-ring (bicyclic) bond motifs is 1. The van der Waals surface area contributed by atoms with Gasteiger partial charge in [-0.2, -0.15) is 0 Å². The molecule has 2 saturated heterocycles. The van der Waals surface area contributed by atoms with E-state index in [0.29, 0.717) is 17.9 Å². The Hall–Kier alpha value is -0.610. The molecule has 0 aromatic carbocycles. The number of carbonyl (C=O) groups is 1. The van der Waals surface area contributed by atoms with Gasteiger partial charge in [0.25, 0.3) is 0 Å². The number of amides is 1. The molecule has 1 N–H and O–H groups in total. The predicted octanol–water partition coefficient (Wildman–Crippen LogP) is 0.869. The van der Waals surface area contributed by atoms with Crippen molar-refractivity contribution in [3.05, 3.63) is 0 Å². The highest BCUT2D eigenvalue weighted by molar-refractivity contribution is 5.78. The minimum atomic E-state index is 0.181. The van der Waals surface area contributed by atoms with Crippen LogP contribution in [0.2, 0.25) is 0 Å². The molecule has 0 aromatic rings. The van der Waals surface area contributed by atoms with Crippen molar-refractivity contribution in [3.63, 3.8) is 0 Å². The van der Waals surface area contributed by atoms with E-state index in [2.05, 4.69) is 24.1 Å². The van der Waals surface area contributed by atoms with Gasteiger partial charge in [0.1, 0.15) is 6.61 Å². The molecule has 0 aromatic heterocycles. The minimum Gasteiger partial charge on any atom is -0.371 e. The zero-order valence-corrected chi connectivity index (χ0v) is 10.9. The third kappa shape index (κ3) is 3.19. The Kier molecular flexibility index (Phi) is 4.40. The molecule has 2 heterocycles. The van der Waals surface area contributed by atoms with Gasteiger partial charge in [-0.05, 0) is 25.3 Å². The van der Waals surface area contributed by atoms with Crippen LogP contribution in [0, 0.1) is 11.8 Å². The van der Waals surface area contributed by atoms with Crippen molar-refractivity contribution in [1.29, 1.82) is 0 Å². The summed E-state index contributed by atoms with van der Waals surface area (Å²) in [7, 11) is 0. The summed E-state index contributed by atoms with van der Waals surface area (Å²) in [6.07, 6.45) is 2.15. The number of nitrogens with one attached hydrogen (secondary N) is 1. The third-order valence-corrected chi connectivity index (χ3v) is 3.79. The number of nitrogens with zero attached hydrogens (tertiary/aromatic N) is 1. The summed E-state index contributed by atoms with van der Waals surface area (Å²) >= 11 is 0. The van der Waals surface area contributed by atoms with Crippen LogP contribution in [0.1, 0.15) is 26.7 Å². The predicted molar refractivity (Wildman–Crippen MR) is 66.8 cm³/mol. The molecule has 4 heteroatoms. The van der Waals surface area contributed by atoms with Crippen LogP contribution >= 0.6 is 0 Å². The number of hydrogen-bond donors (Lipinski definition) is 1. The monoisotopic (exact) mass is 240 g/mol. The van der Waals surface area contributed by atoms with Crippen molar-refractivity contribution in [2.45, 2.75) is 32.7 Å². The van der Waals surface area contributed by atoms with Gasteiger partial charge in [0.2, 0.25) is 5.91 Å². The van der Waals surface area contributed by atoms with E-state index in [1.54, 1.807) is 0 Å². The Morgan fingerprint density at radius 3 is 3.12 bits per heavy atom. The average Bonchev–Trinajstić information content (AvgIpc) is 2.45. The molecule has 0 aliphatic carbocycles. The minimum absolute atomic E-state index is 0.181. The highest BCUT2D eigenvalue weighted by Gasteiger charge is 2.35. The van der Waals surface area contributed by atoms with Crippen LogP contribution in [-0.2, 0) is 9.53 Å². The van der Waals surface area contributed by atoms with Gasteiger partial charge < -0.3 is 15.0 Å². The maximum atomic E-state index is 12.1. The summed E-state index contributed by atoms with van der Waals surface area (Å²) in [5.74, 6) is 1.30. The SMILES string of the molecule is CC(C)CCN1C(=O)COC[C@H]2CNCC[C@@H]21. The van der Waals surface area contributed by atoms with Crippen LogP contribution in [0.4, 0.5) is 0 Å². The second-order valence-corrected chi connectivity index (χ2v) is 5.61. The molecule has 98 valence electrons. The highest BCUT2D eigenvalue weighted by atomic mass is 16.5. The fourth-order valence-electron chi connectivity index (χ4n) is 2.74. The van der Waals surface area contributed by atoms with Gasteiger partial charge in [0.15, 0.2) is 0 Å². The highest BCUT2D eigenvalue weighted by Crippen LogP contribution is 2.22. The number of hydrogen-bond acceptors (Lipinski definition) is 3. The first-order valence-corrected chi connectivity index (χ1v) is 6.76. The van der Waals surface area contributed by atoms with Crippen molar-refractivity contribution in [3.8, 4) is 0 Å². The second-order valence-electron chi connectivity index (χ2n) is 5.61. The molecule has 2 aliphatic rings. The molecule has 1 amide bonds. The van der Waals surface area contributed by atoms with Crippen molar-refractivity contribution in [2.24, 2.45) is 11.8 Å². The molecular formula is C13H24N2O2. The number of rotatable bonds is 3. The molecule has 2 atom stereocenters. The summed E-state index contributed by atoms with van der Waals surface area (Å²) in [5.41, 5.74) is 0. The van der Waals surface area contributed by atoms with Gasteiger partial charge in [-0.15, -0.1) is 0 Å². The Morgan fingerprint density at radius 2 is 2.35 bits per heavy atom. The quantitative estimate of drug-likeness (QED) is 0.796. The fourth-order valence-corrected chi connectivity index (χ4v) is 2.74. The zero-order valence-electron chi connectivity index (χ0n) is 10.9. The Morgan fingerprint density at radius 1 is 1.53 bits per heavy atom. The van der Waals surface area contributed by atoms with Gasteiger partial charge >= 0.3 is 0 Å². The molecule has 4 nitrogen and oxygen atoms in total. The molecule has 0 unspecified atom stereocenters. The van der Waals surface area contributed by atoms with Crippen LogP contribution in [0.15, 0.2) is 0 Å². The molecule has 0 bridgehead atoms. The lowest BCUT2D eigenvalue weighted by Gasteiger charge is -2.38. The van der Waals surface area contributed by atoms with Crippen LogP contribution in [0.5, 0.6) is 0 Å². The standard InChI is InChI=1S/C13H24N2O2/c1-10(2)4-6-15-12-3-5-14-7-11(12)8-17-9-13(15)16/h10-12,14H,3-9H2,1-2H3/t11-,12+/m1/s1. The molecule has 17 heavy (non-hydrogen) atoms. The Bertz CT molecular complexity index is 268. The Labute approximate surface area is 104 Å². The topological polar surface area (TPSA) is 41.6 Å². The summed E-state index contributed by atoms with van der Waals surface area (Å²) < 4.78 is 5.48. The maximum Gasteiger partial charge on any atom is 0.248 e. The van der Waals surface area contributed by atoms with E-state index in [1.807, 2.05) is 0 Å². The molecular weight excluding hydrogens is 216 g/mol. The van der Waals surface area contributed by atoms with Gasteiger partial charge in [-0.25, -0.2) is 0 Å². The fraction of sp³-hybridized carbons (Fsp3) is 0.923. The van der Waals surface area contributed by atoms with Gasteiger partial charge in [-0.3, -0.25) is 4.79 Å².